The molecule has 1 saturated carbocycles. The second kappa shape index (κ2) is 9.82. The fourth-order valence-corrected chi connectivity index (χ4v) is 6.07. The first-order valence-corrected chi connectivity index (χ1v) is 13.1. The fourth-order valence-electron chi connectivity index (χ4n) is 5.40. The molecule has 6 heteroatoms. The Hall–Kier alpha value is -2.44. The number of piperazine rings is 1. The van der Waals surface area contributed by atoms with Gasteiger partial charge in [-0.15, -0.1) is 0 Å². The molecule has 2 saturated heterocycles. The molecule has 3 aliphatic rings. The molecule has 3 heterocycles. The lowest BCUT2D eigenvalue weighted by atomic mass is 9.90. The molecule has 1 aromatic carbocycles. The Morgan fingerprint density at radius 3 is 2.42 bits per heavy atom. The monoisotopic (exact) mass is 463 g/mol. The van der Waals surface area contributed by atoms with Gasteiger partial charge in [-0.1, -0.05) is 42.5 Å². The van der Waals surface area contributed by atoms with Crippen molar-refractivity contribution in [1.29, 1.82) is 0 Å². The molecule has 33 heavy (non-hydrogen) atoms. The fraction of sp³-hybridized carbons (Fsp3) is 0.481. The van der Waals surface area contributed by atoms with Crippen LogP contribution in [0.25, 0.3) is 6.08 Å². The van der Waals surface area contributed by atoms with E-state index >= 15 is 0 Å². The molecule has 0 bridgehead atoms. The van der Waals surface area contributed by atoms with Crippen molar-refractivity contribution in [2.45, 2.75) is 25.7 Å². The van der Waals surface area contributed by atoms with Crippen molar-refractivity contribution in [2.24, 2.45) is 11.3 Å². The first-order valence-electron chi connectivity index (χ1n) is 12.1. The molecule has 0 N–H and O–H groups in total. The van der Waals surface area contributed by atoms with E-state index in [1.807, 2.05) is 22.4 Å². The van der Waals surface area contributed by atoms with E-state index in [1.54, 1.807) is 11.3 Å². The van der Waals surface area contributed by atoms with Crippen LogP contribution in [0.5, 0.6) is 0 Å². The van der Waals surface area contributed by atoms with E-state index in [0.29, 0.717) is 12.3 Å². The van der Waals surface area contributed by atoms with Crippen molar-refractivity contribution in [3.8, 4) is 0 Å². The molecule has 3 fully saturated rings. The lowest BCUT2D eigenvalue weighted by molar-refractivity contribution is -0.135. The van der Waals surface area contributed by atoms with Crippen LogP contribution in [0, 0.1) is 11.3 Å². The number of thiophene rings is 1. The molecule has 0 unspecified atom stereocenters. The molecule has 1 atom stereocenters. The number of carbonyl (C=O) groups excluding carboxylic acids is 2. The minimum Gasteiger partial charge on any atom is -0.342 e. The van der Waals surface area contributed by atoms with Crippen molar-refractivity contribution in [2.75, 3.05) is 45.8 Å². The molecule has 2 amide bonds. The highest BCUT2D eigenvalue weighted by Crippen LogP contribution is 2.60. The van der Waals surface area contributed by atoms with Crippen molar-refractivity contribution in [1.82, 2.24) is 14.7 Å². The van der Waals surface area contributed by atoms with Gasteiger partial charge < -0.3 is 9.80 Å². The first kappa shape index (κ1) is 22.4. The molecular weight excluding hydrogens is 430 g/mol. The smallest absolute Gasteiger partial charge is 0.227 e. The zero-order valence-corrected chi connectivity index (χ0v) is 20.0. The number of carbonyl (C=O) groups is 2. The molecule has 1 spiro atoms. The van der Waals surface area contributed by atoms with Gasteiger partial charge in [0.25, 0.3) is 0 Å². The summed E-state index contributed by atoms with van der Waals surface area (Å²) in [6.45, 7) is 6.07. The topological polar surface area (TPSA) is 43.9 Å². The van der Waals surface area contributed by atoms with Crippen LogP contribution in [0.2, 0.25) is 0 Å². The van der Waals surface area contributed by atoms with Gasteiger partial charge >= 0.3 is 0 Å². The number of rotatable bonds is 6. The highest BCUT2D eigenvalue weighted by atomic mass is 32.1. The normalized spacial score (nSPS) is 22.7. The highest BCUT2D eigenvalue weighted by molar-refractivity contribution is 7.08. The third-order valence-electron chi connectivity index (χ3n) is 7.69. The number of likely N-dealkylation sites (tertiary alicyclic amines) is 1. The summed E-state index contributed by atoms with van der Waals surface area (Å²) in [5.41, 5.74) is 2.50. The van der Waals surface area contributed by atoms with Gasteiger partial charge in [0.15, 0.2) is 0 Å². The third kappa shape index (κ3) is 5.22. The quantitative estimate of drug-likeness (QED) is 0.655. The SMILES string of the molecule is O=C(Cc1ccsc1)N1CCC2(CC1)C[C@H]2C(=O)N1CCN(C/C=C/c2ccccc2)CC1. The molecule has 2 aromatic rings. The lowest BCUT2D eigenvalue weighted by Gasteiger charge is -2.36. The van der Waals surface area contributed by atoms with Gasteiger partial charge in [0.2, 0.25) is 11.8 Å². The maximum Gasteiger partial charge on any atom is 0.227 e. The summed E-state index contributed by atoms with van der Waals surface area (Å²) in [5, 5.41) is 4.08. The van der Waals surface area contributed by atoms with Crippen molar-refractivity contribution in [3.63, 3.8) is 0 Å². The average molecular weight is 464 g/mol. The van der Waals surface area contributed by atoms with Gasteiger partial charge in [-0.25, -0.2) is 0 Å². The van der Waals surface area contributed by atoms with Crippen molar-refractivity contribution >= 4 is 29.2 Å². The lowest BCUT2D eigenvalue weighted by Crippen LogP contribution is -2.49. The summed E-state index contributed by atoms with van der Waals surface area (Å²) in [4.78, 5) is 32.3. The van der Waals surface area contributed by atoms with Crippen LogP contribution < -0.4 is 0 Å². The summed E-state index contributed by atoms with van der Waals surface area (Å²) in [6.07, 6.45) is 7.85. The second-order valence-corrected chi connectivity index (χ2v) is 10.5. The van der Waals surface area contributed by atoms with Crippen LogP contribution in [-0.2, 0) is 16.0 Å². The summed E-state index contributed by atoms with van der Waals surface area (Å²) in [5.74, 6) is 0.757. The van der Waals surface area contributed by atoms with Crippen LogP contribution in [0.3, 0.4) is 0 Å². The van der Waals surface area contributed by atoms with Gasteiger partial charge in [-0.05, 0) is 52.6 Å². The number of benzene rings is 1. The molecular formula is C27H33N3O2S. The first-order chi connectivity index (χ1) is 16.1. The molecule has 5 nitrogen and oxygen atoms in total. The number of amides is 2. The van der Waals surface area contributed by atoms with E-state index in [0.717, 1.165) is 70.6 Å². The van der Waals surface area contributed by atoms with Crippen molar-refractivity contribution < 1.29 is 9.59 Å². The van der Waals surface area contributed by atoms with Crippen LogP contribution in [0.15, 0.2) is 53.2 Å². The third-order valence-corrected chi connectivity index (χ3v) is 8.42. The largest absolute Gasteiger partial charge is 0.342 e. The highest BCUT2D eigenvalue weighted by Gasteiger charge is 2.59. The summed E-state index contributed by atoms with van der Waals surface area (Å²) in [7, 11) is 0. The zero-order valence-electron chi connectivity index (χ0n) is 19.2. The van der Waals surface area contributed by atoms with E-state index in [9.17, 15) is 9.59 Å². The van der Waals surface area contributed by atoms with E-state index in [2.05, 4.69) is 51.6 Å². The van der Waals surface area contributed by atoms with Gasteiger partial charge in [0, 0.05) is 51.7 Å². The number of hydrogen-bond donors (Lipinski definition) is 0. The summed E-state index contributed by atoms with van der Waals surface area (Å²) < 4.78 is 0. The number of hydrogen-bond acceptors (Lipinski definition) is 4. The average Bonchev–Trinajstić information content (AvgIpc) is 3.28. The molecule has 174 valence electrons. The Balaban J connectivity index is 1.04. The van der Waals surface area contributed by atoms with E-state index in [1.165, 1.54) is 5.56 Å². The van der Waals surface area contributed by atoms with Crippen LogP contribution in [0.4, 0.5) is 0 Å². The molecule has 5 rings (SSSR count). The Labute approximate surface area is 200 Å². The van der Waals surface area contributed by atoms with Crippen LogP contribution in [0.1, 0.15) is 30.4 Å². The Bertz CT molecular complexity index is 972. The Morgan fingerprint density at radius 2 is 1.73 bits per heavy atom. The Kier molecular flexibility index (Phi) is 6.65. The second-order valence-electron chi connectivity index (χ2n) is 9.75. The van der Waals surface area contributed by atoms with Gasteiger partial charge in [0.1, 0.15) is 0 Å². The van der Waals surface area contributed by atoms with E-state index in [-0.39, 0.29) is 17.2 Å². The summed E-state index contributed by atoms with van der Waals surface area (Å²) >= 11 is 1.64. The predicted molar refractivity (Wildman–Crippen MR) is 133 cm³/mol. The standard InChI is InChI=1S/C27H33N3O2S/c31-25(19-23-8-18-33-21-23)29-12-9-27(10-13-29)20-24(27)26(32)30-16-14-28(15-17-30)11-4-7-22-5-2-1-3-6-22/h1-8,18,21,24H,9-17,19-20H2/b7-4+/t24-/m0/s1. The maximum absolute atomic E-state index is 13.2. The van der Waals surface area contributed by atoms with Crippen LogP contribution >= 0.6 is 11.3 Å². The minimum absolute atomic E-state index is 0.159. The summed E-state index contributed by atoms with van der Waals surface area (Å²) in [6, 6.07) is 12.4. The predicted octanol–water partition coefficient (Wildman–Crippen LogP) is 3.78. The van der Waals surface area contributed by atoms with Gasteiger partial charge in [0.05, 0.1) is 6.42 Å². The Morgan fingerprint density at radius 1 is 0.970 bits per heavy atom. The molecule has 1 aliphatic carbocycles. The minimum atomic E-state index is 0.159. The molecule has 2 aliphatic heterocycles. The zero-order chi connectivity index (χ0) is 22.7. The molecule has 1 aromatic heterocycles. The maximum atomic E-state index is 13.2. The van der Waals surface area contributed by atoms with Crippen molar-refractivity contribution in [3.05, 3.63) is 64.4 Å². The van der Waals surface area contributed by atoms with E-state index in [4.69, 9.17) is 0 Å². The number of nitrogens with zero attached hydrogens (tertiary/aromatic N) is 3. The van der Waals surface area contributed by atoms with Crippen LogP contribution in [-0.4, -0.2) is 72.3 Å². The van der Waals surface area contributed by atoms with E-state index < -0.39 is 0 Å². The molecule has 0 radical (unpaired) electrons. The van der Waals surface area contributed by atoms with Gasteiger partial charge in [-0.2, -0.15) is 11.3 Å². The number of piperidine rings is 1. The van der Waals surface area contributed by atoms with Gasteiger partial charge in [-0.3, -0.25) is 14.5 Å².